The smallest absolute Gasteiger partial charge is 0.328 e. The molecular weight excluding hydrogens is 237 g/mol. The first-order valence-electron chi connectivity index (χ1n) is 5.60. The summed E-state index contributed by atoms with van der Waals surface area (Å²) in [6.07, 6.45) is 0. The number of rotatable bonds is 4. The minimum absolute atomic E-state index is 0.0955. The fraction of sp³-hybridized carbons (Fsp3) is 0.385. The van der Waals surface area contributed by atoms with E-state index >= 15 is 0 Å². The number of nitrogens with one attached hydrogen (secondary N) is 1. The van der Waals surface area contributed by atoms with E-state index in [1.54, 1.807) is 13.8 Å². The monoisotopic (exact) mass is 253 g/mol. The molecule has 0 bridgehead atoms. The molecule has 0 unspecified atom stereocenters. The lowest BCUT2D eigenvalue weighted by molar-refractivity contribution is -0.144. The summed E-state index contributed by atoms with van der Waals surface area (Å²) in [6.45, 7) is 3.60. The Morgan fingerprint density at radius 1 is 1.22 bits per heavy atom. The zero-order valence-corrected chi connectivity index (χ0v) is 10.6. The Bertz CT molecular complexity index is 428. The standard InChI is InChI=1S/C13H16FNO3/c1-8(2)11(13(17)18-3)15-12(16)9-4-6-10(14)7-5-9/h4-8,11H,1-3H3,(H,15,16)/t11-/m1/s1. The Kier molecular flexibility index (Phi) is 4.83. The summed E-state index contributed by atoms with van der Waals surface area (Å²) in [7, 11) is 1.27. The molecule has 4 nitrogen and oxygen atoms in total. The molecule has 1 aromatic rings. The Balaban J connectivity index is 2.78. The summed E-state index contributed by atoms with van der Waals surface area (Å²) in [6, 6.07) is 4.39. The third kappa shape index (κ3) is 3.55. The molecule has 0 spiro atoms. The lowest BCUT2D eigenvalue weighted by Gasteiger charge is -2.19. The maximum atomic E-state index is 12.7. The van der Waals surface area contributed by atoms with E-state index in [0.717, 1.165) is 0 Å². The second-order valence-corrected chi connectivity index (χ2v) is 4.23. The largest absolute Gasteiger partial charge is 0.467 e. The summed E-state index contributed by atoms with van der Waals surface area (Å²) in [5, 5.41) is 2.57. The van der Waals surface area contributed by atoms with E-state index < -0.39 is 23.7 Å². The summed E-state index contributed by atoms with van der Waals surface area (Å²) in [5.74, 6) is -1.44. The van der Waals surface area contributed by atoms with Gasteiger partial charge in [0.15, 0.2) is 0 Å². The third-order valence-electron chi connectivity index (χ3n) is 2.51. The van der Waals surface area contributed by atoms with Crippen molar-refractivity contribution in [3.8, 4) is 0 Å². The molecule has 1 aromatic carbocycles. The number of hydrogen-bond acceptors (Lipinski definition) is 3. The minimum Gasteiger partial charge on any atom is -0.467 e. The number of carbonyl (C=O) groups excluding carboxylic acids is 2. The molecule has 1 amide bonds. The zero-order chi connectivity index (χ0) is 13.7. The van der Waals surface area contributed by atoms with E-state index in [9.17, 15) is 14.0 Å². The molecule has 0 aliphatic carbocycles. The Hall–Kier alpha value is -1.91. The molecule has 1 atom stereocenters. The number of amides is 1. The van der Waals surface area contributed by atoms with Gasteiger partial charge >= 0.3 is 5.97 Å². The number of halogens is 1. The lowest BCUT2D eigenvalue weighted by Crippen LogP contribution is -2.45. The van der Waals surface area contributed by atoms with Crippen molar-refractivity contribution in [1.29, 1.82) is 0 Å². The van der Waals surface area contributed by atoms with Gasteiger partial charge in [0, 0.05) is 5.56 Å². The molecule has 1 N–H and O–H groups in total. The summed E-state index contributed by atoms with van der Waals surface area (Å²) >= 11 is 0. The van der Waals surface area contributed by atoms with Crippen molar-refractivity contribution in [2.75, 3.05) is 7.11 Å². The van der Waals surface area contributed by atoms with Crippen LogP contribution in [0.2, 0.25) is 0 Å². The van der Waals surface area contributed by atoms with Gasteiger partial charge in [0.25, 0.3) is 5.91 Å². The van der Waals surface area contributed by atoms with Crippen LogP contribution in [0.4, 0.5) is 4.39 Å². The SMILES string of the molecule is COC(=O)[C@H](NC(=O)c1ccc(F)cc1)C(C)C. The highest BCUT2D eigenvalue weighted by molar-refractivity contribution is 5.96. The number of hydrogen-bond donors (Lipinski definition) is 1. The van der Waals surface area contributed by atoms with E-state index in [4.69, 9.17) is 0 Å². The average Bonchev–Trinajstić information content (AvgIpc) is 2.35. The van der Waals surface area contributed by atoms with Gasteiger partial charge in [-0.3, -0.25) is 4.79 Å². The molecule has 0 aliphatic heterocycles. The van der Waals surface area contributed by atoms with Crippen molar-refractivity contribution in [3.05, 3.63) is 35.6 Å². The van der Waals surface area contributed by atoms with Gasteiger partial charge in [-0.15, -0.1) is 0 Å². The van der Waals surface area contributed by atoms with Gasteiger partial charge in [0.2, 0.25) is 0 Å². The van der Waals surface area contributed by atoms with Gasteiger partial charge in [-0.2, -0.15) is 0 Å². The van der Waals surface area contributed by atoms with Gasteiger partial charge < -0.3 is 10.1 Å². The molecule has 0 saturated heterocycles. The average molecular weight is 253 g/mol. The van der Waals surface area contributed by atoms with Crippen LogP contribution in [0.25, 0.3) is 0 Å². The van der Waals surface area contributed by atoms with Crippen LogP contribution in [-0.4, -0.2) is 25.0 Å². The van der Waals surface area contributed by atoms with Gasteiger partial charge in [-0.1, -0.05) is 13.8 Å². The first-order chi connectivity index (χ1) is 8.45. The quantitative estimate of drug-likeness (QED) is 0.832. The van der Waals surface area contributed by atoms with Crippen molar-refractivity contribution in [2.24, 2.45) is 5.92 Å². The molecule has 1 rings (SSSR count). The van der Waals surface area contributed by atoms with Crippen molar-refractivity contribution < 1.29 is 18.7 Å². The maximum Gasteiger partial charge on any atom is 0.328 e. The number of benzene rings is 1. The fourth-order valence-corrected chi connectivity index (χ4v) is 1.45. The van der Waals surface area contributed by atoms with Crippen LogP contribution in [0.15, 0.2) is 24.3 Å². The Labute approximate surface area is 105 Å². The van der Waals surface area contributed by atoms with Crippen LogP contribution in [0.5, 0.6) is 0 Å². The maximum absolute atomic E-state index is 12.7. The summed E-state index contributed by atoms with van der Waals surface area (Å²) in [5.41, 5.74) is 0.297. The van der Waals surface area contributed by atoms with Crippen LogP contribution in [0, 0.1) is 11.7 Å². The van der Waals surface area contributed by atoms with Crippen LogP contribution in [-0.2, 0) is 9.53 Å². The number of carbonyl (C=O) groups is 2. The summed E-state index contributed by atoms with van der Waals surface area (Å²) < 4.78 is 17.3. The van der Waals surface area contributed by atoms with Crippen LogP contribution in [0.3, 0.4) is 0 Å². The number of esters is 1. The van der Waals surface area contributed by atoms with Gasteiger partial charge in [0.1, 0.15) is 11.9 Å². The van der Waals surface area contributed by atoms with Crippen LogP contribution < -0.4 is 5.32 Å². The van der Waals surface area contributed by atoms with Crippen molar-refractivity contribution in [1.82, 2.24) is 5.32 Å². The third-order valence-corrected chi connectivity index (χ3v) is 2.51. The molecule has 5 heteroatoms. The highest BCUT2D eigenvalue weighted by Gasteiger charge is 2.25. The van der Waals surface area contributed by atoms with Crippen LogP contribution >= 0.6 is 0 Å². The summed E-state index contributed by atoms with van der Waals surface area (Å²) in [4.78, 5) is 23.3. The number of methoxy groups -OCH3 is 1. The molecule has 98 valence electrons. The number of ether oxygens (including phenoxy) is 1. The highest BCUT2D eigenvalue weighted by Crippen LogP contribution is 2.07. The molecule has 0 aliphatic rings. The second-order valence-electron chi connectivity index (χ2n) is 4.23. The Morgan fingerprint density at radius 2 is 1.78 bits per heavy atom. The van der Waals surface area contributed by atoms with E-state index in [1.807, 2.05) is 0 Å². The predicted molar refractivity (Wildman–Crippen MR) is 64.5 cm³/mol. The van der Waals surface area contributed by atoms with E-state index in [-0.39, 0.29) is 5.92 Å². The zero-order valence-electron chi connectivity index (χ0n) is 10.6. The van der Waals surface area contributed by atoms with Crippen molar-refractivity contribution >= 4 is 11.9 Å². The molecule has 0 saturated carbocycles. The van der Waals surface area contributed by atoms with E-state index in [2.05, 4.69) is 10.1 Å². The molecule has 0 aromatic heterocycles. The molecule has 18 heavy (non-hydrogen) atoms. The van der Waals surface area contributed by atoms with Gasteiger partial charge in [-0.05, 0) is 30.2 Å². The predicted octanol–water partition coefficient (Wildman–Crippen LogP) is 1.75. The van der Waals surface area contributed by atoms with Gasteiger partial charge in [0.05, 0.1) is 7.11 Å². The topological polar surface area (TPSA) is 55.4 Å². The normalized spacial score (nSPS) is 12.1. The minimum atomic E-state index is -0.715. The first-order valence-corrected chi connectivity index (χ1v) is 5.60. The van der Waals surface area contributed by atoms with E-state index in [0.29, 0.717) is 5.56 Å². The molecule has 0 heterocycles. The van der Waals surface area contributed by atoms with Crippen molar-refractivity contribution in [3.63, 3.8) is 0 Å². The highest BCUT2D eigenvalue weighted by atomic mass is 19.1. The van der Waals surface area contributed by atoms with E-state index in [1.165, 1.54) is 31.4 Å². The molecule has 0 radical (unpaired) electrons. The fourth-order valence-electron chi connectivity index (χ4n) is 1.45. The van der Waals surface area contributed by atoms with Crippen molar-refractivity contribution in [2.45, 2.75) is 19.9 Å². The molecular formula is C13H16FNO3. The Morgan fingerprint density at radius 3 is 2.22 bits per heavy atom. The first kappa shape index (κ1) is 14.2. The second kappa shape index (κ2) is 6.14. The lowest BCUT2D eigenvalue weighted by atomic mass is 10.0. The molecule has 0 fully saturated rings. The van der Waals surface area contributed by atoms with Crippen LogP contribution in [0.1, 0.15) is 24.2 Å². The van der Waals surface area contributed by atoms with Gasteiger partial charge in [-0.25, -0.2) is 9.18 Å².